The number of hydrogen-bond donors (Lipinski definition) is 3. The second-order valence-electron chi connectivity index (χ2n) is 8.10. The molecule has 2 atom stereocenters. The van der Waals surface area contributed by atoms with Gasteiger partial charge in [0.1, 0.15) is 12.0 Å². The predicted molar refractivity (Wildman–Crippen MR) is 134 cm³/mol. The second-order valence-corrected chi connectivity index (χ2v) is 8.88. The number of allylic oxidation sites excluding steroid dienone is 1. The predicted octanol–water partition coefficient (Wildman–Crippen LogP) is 3.70. The van der Waals surface area contributed by atoms with Crippen molar-refractivity contribution in [1.29, 1.82) is 0 Å². The van der Waals surface area contributed by atoms with Crippen LogP contribution in [0.15, 0.2) is 71.3 Å². The molecule has 0 fully saturated rings. The number of anilines is 1. The molecule has 3 aromatic rings. The Morgan fingerprint density at radius 1 is 1.19 bits per heavy atom. The van der Waals surface area contributed by atoms with Crippen molar-refractivity contribution in [2.45, 2.75) is 31.8 Å². The number of benzene rings is 1. The van der Waals surface area contributed by atoms with Crippen molar-refractivity contribution in [2.24, 2.45) is 0 Å². The van der Waals surface area contributed by atoms with E-state index in [2.05, 4.69) is 15.6 Å². The number of carbonyl (C=O) groups excluding carboxylic acids is 1. The van der Waals surface area contributed by atoms with Crippen LogP contribution in [0.2, 0.25) is 0 Å². The lowest BCUT2D eigenvalue weighted by Crippen LogP contribution is -2.35. The lowest BCUT2D eigenvalue weighted by atomic mass is 9.95. The van der Waals surface area contributed by atoms with E-state index in [0.29, 0.717) is 31.9 Å². The van der Waals surface area contributed by atoms with E-state index in [1.165, 1.54) is 18.3 Å². The minimum Gasteiger partial charge on any atom is -0.459 e. The maximum Gasteiger partial charge on any atom is 0.287 e. The maximum atomic E-state index is 12.8. The van der Waals surface area contributed by atoms with E-state index in [-0.39, 0.29) is 29.9 Å². The number of ether oxygens (including phenoxy) is 2. The van der Waals surface area contributed by atoms with Gasteiger partial charge in [-0.25, -0.2) is 4.98 Å². The lowest BCUT2D eigenvalue weighted by Gasteiger charge is -2.29. The maximum absolute atomic E-state index is 12.8. The number of nitrogens with one attached hydrogen (secondary N) is 2. The van der Waals surface area contributed by atoms with Gasteiger partial charge in [-0.3, -0.25) is 14.9 Å². The first kappa shape index (κ1) is 25.3. The zero-order valence-electron chi connectivity index (χ0n) is 19.3. The van der Waals surface area contributed by atoms with E-state index in [1.54, 1.807) is 11.3 Å². The molecule has 10 nitrogen and oxygen atoms in total. The van der Waals surface area contributed by atoms with Crippen molar-refractivity contribution in [3.8, 4) is 0 Å². The van der Waals surface area contributed by atoms with Gasteiger partial charge in [-0.05, 0) is 45.7 Å². The van der Waals surface area contributed by atoms with Crippen LogP contribution in [0.4, 0.5) is 11.5 Å². The van der Waals surface area contributed by atoms with Crippen LogP contribution in [0.5, 0.6) is 0 Å². The van der Waals surface area contributed by atoms with Crippen LogP contribution in [0.25, 0.3) is 0 Å². The summed E-state index contributed by atoms with van der Waals surface area (Å²) in [6.45, 7) is 0.970. The lowest BCUT2D eigenvalue weighted by molar-refractivity contribution is -0.385. The minimum atomic E-state index is -0.597. The van der Waals surface area contributed by atoms with Gasteiger partial charge >= 0.3 is 0 Å². The fourth-order valence-electron chi connectivity index (χ4n) is 3.62. The largest absolute Gasteiger partial charge is 0.459 e. The third-order valence-electron chi connectivity index (χ3n) is 5.57. The Bertz CT molecular complexity index is 1180. The summed E-state index contributed by atoms with van der Waals surface area (Å²) in [5.74, 6) is 0.303. The van der Waals surface area contributed by atoms with Crippen LogP contribution in [0, 0.1) is 10.1 Å². The highest BCUT2D eigenvalue weighted by Gasteiger charge is 2.29. The molecule has 36 heavy (non-hydrogen) atoms. The quantitative estimate of drug-likeness (QED) is 0.202. The molecule has 0 saturated carbocycles. The number of carbonyl (C=O) groups is 1. The molecule has 0 unspecified atom stereocenters. The minimum absolute atomic E-state index is 0.0155. The van der Waals surface area contributed by atoms with Crippen LogP contribution in [0.3, 0.4) is 0 Å². The molecule has 0 radical (unpaired) electrons. The molecule has 1 aromatic carbocycles. The molecular weight excluding hydrogens is 484 g/mol. The van der Waals surface area contributed by atoms with Gasteiger partial charge in [-0.2, -0.15) is 11.3 Å². The normalized spacial score (nSPS) is 17.1. The summed E-state index contributed by atoms with van der Waals surface area (Å²) in [5.41, 5.74) is 2.77. The number of thiophene rings is 1. The fourth-order valence-corrected chi connectivity index (χ4v) is 4.34. The molecule has 1 aliphatic heterocycles. The number of hydrogen-bond acceptors (Lipinski definition) is 9. The highest BCUT2D eigenvalue weighted by Crippen LogP contribution is 2.33. The Hall–Kier alpha value is -3.80. The molecule has 0 spiro atoms. The molecule has 0 aliphatic carbocycles. The SMILES string of the molecule is O=C(NCCNc1ccc([N+](=O)[O-])cn1)C1=C[C@@H](c2ccsc2)C[C@@H](OCc2ccc(CO)cc2)O1. The summed E-state index contributed by atoms with van der Waals surface area (Å²) in [4.78, 5) is 27.0. The van der Waals surface area contributed by atoms with Crippen LogP contribution in [-0.2, 0) is 27.5 Å². The van der Waals surface area contributed by atoms with Gasteiger partial charge in [0.2, 0.25) is 6.29 Å². The van der Waals surface area contributed by atoms with E-state index in [0.717, 1.165) is 16.7 Å². The monoisotopic (exact) mass is 510 g/mol. The molecule has 0 bridgehead atoms. The van der Waals surface area contributed by atoms with E-state index in [9.17, 15) is 20.0 Å². The summed E-state index contributed by atoms with van der Waals surface area (Å²) in [6, 6.07) is 12.4. The number of nitro groups is 1. The molecule has 1 amide bonds. The van der Waals surface area contributed by atoms with Crippen molar-refractivity contribution in [3.63, 3.8) is 0 Å². The zero-order chi connectivity index (χ0) is 25.3. The molecule has 11 heteroatoms. The standard InChI is InChI=1S/C25H26N4O6S/c30-14-17-1-3-18(4-2-17)15-34-24-12-20(19-7-10-36-16-19)11-22(35-24)25(31)27-9-8-26-23-6-5-21(13-28-23)29(32)33/h1-7,10-11,13,16,20,24,30H,8-9,12,14-15H2,(H,26,28)(H,27,31)/t20-,24+/m1/s1. The molecule has 4 rings (SSSR count). The highest BCUT2D eigenvalue weighted by atomic mass is 32.1. The molecule has 2 aromatic heterocycles. The van der Waals surface area contributed by atoms with Gasteiger partial charge in [0.15, 0.2) is 5.76 Å². The first-order valence-electron chi connectivity index (χ1n) is 11.3. The number of pyridine rings is 1. The van der Waals surface area contributed by atoms with E-state index in [1.807, 2.05) is 47.2 Å². The van der Waals surface area contributed by atoms with Crippen LogP contribution < -0.4 is 10.6 Å². The van der Waals surface area contributed by atoms with Crippen molar-refractivity contribution in [2.75, 3.05) is 18.4 Å². The number of aliphatic hydroxyl groups is 1. The summed E-state index contributed by atoms with van der Waals surface area (Å²) in [5, 5.41) is 29.8. The third kappa shape index (κ3) is 6.87. The first-order valence-corrected chi connectivity index (χ1v) is 12.3. The summed E-state index contributed by atoms with van der Waals surface area (Å²) >= 11 is 1.59. The van der Waals surface area contributed by atoms with Gasteiger partial charge in [-0.1, -0.05) is 24.3 Å². The van der Waals surface area contributed by atoms with Crippen molar-refractivity contribution in [3.05, 3.63) is 98.1 Å². The number of aliphatic hydroxyl groups excluding tert-OH is 1. The van der Waals surface area contributed by atoms with Gasteiger partial charge in [-0.15, -0.1) is 0 Å². The van der Waals surface area contributed by atoms with Gasteiger partial charge in [0, 0.05) is 31.5 Å². The molecule has 3 heterocycles. The highest BCUT2D eigenvalue weighted by molar-refractivity contribution is 7.08. The van der Waals surface area contributed by atoms with Crippen molar-refractivity contribution >= 4 is 28.7 Å². The Kier molecular flexibility index (Phi) is 8.61. The van der Waals surface area contributed by atoms with Gasteiger partial charge < -0.3 is 25.2 Å². The van der Waals surface area contributed by atoms with Crippen LogP contribution >= 0.6 is 11.3 Å². The molecule has 188 valence electrons. The van der Waals surface area contributed by atoms with Gasteiger partial charge in [0.05, 0.1) is 18.1 Å². The summed E-state index contributed by atoms with van der Waals surface area (Å²) in [6.07, 6.45) is 2.97. The van der Waals surface area contributed by atoms with Crippen molar-refractivity contribution < 1.29 is 24.3 Å². The van der Waals surface area contributed by atoms with Crippen molar-refractivity contribution in [1.82, 2.24) is 10.3 Å². The van der Waals surface area contributed by atoms with Crippen LogP contribution in [-0.4, -0.2) is 40.3 Å². The number of rotatable bonds is 11. The number of aromatic nitrogens is 1. The molecule has 1 aliphatic rings. The average Bonchev–Trinajstić information content (AvgIpc) is 3.45. The Morgan fingerprint density at radius 2 is 2.00 bits per heavy atom. The fraction of sp³-hybridized carbons (Fsp3) is 0.280. The number of nitrogens with zero attached hydrogens (tertiary/aromatic N) is 2. The first-order chi connectivity index (χ1) is 17.5. The van der Waals surface area contributed by atoms with E-state index in [4.69, 9.17) is 9.47 Å². The zero-order valence-corrected chi connectivity index (χ0v) is 20.1. The van der Waals surface area contributed by atoms with E-state index >= 15 is 0 Å². The topological polar surface area (TPSA) is 136 Å². The summed E-state index contributed by atoms with van der Waals surface area (Å²) < 4.78 is 11.9. The molecule has 3 N–H and O–H groups in total. The number of amides is 1. The third-order valence-corrected chi connectivity index (χ3v) is 6.27. The second kappa shape index (κ2) is 12.2. The molecular formula is C25H26N4O6S. The van der Waals surface area contributed by atoms with E-state index < -0.39 is 11.2 Å². The van der Waals surface area contributed by atoms with Crippen LogP contribution in [0.1, 0.15) is 29.0 Å². The average molecular weight is 511 g/mol. The molecule has 0 saturated heterocycles. The van der Waals surface area contributed by atoms with Gasteiger partial charge in [0.25, 0.3) is 11.6 Å². The smallest absolute Gasteiger partial charge is 0.287 e. The summed E-state index contributed by atoms with van der Waals surface area (Å²) in [7, 11) is 0. The Balaban J connectivity index is 1.32. The Labute approximate surface area is 211 Å². The Morgan fingerprint density at radius 3 is 2.67 bits per heavy atom.